The lowest BCUT2D eigenvalue weighted by Crippen LogP contribution is -2.05. The molecule has 1 heterocycles. The predicted molar refractivity (Wildman–Crippen MR) is 90.0 cm³/mol. The van der Waals surface area contributed by atoms with Gasteiger partial charge in [-0.1, -0.05) is 29.5 Å². The van der Waals surface area contributed by atoms with Crippen molar-refractivity contribution in [2.75, 3.05) is 0 Å². The van der Waals surface area contributed by atoms with E-state index in [1.54, 1.807) is 18.3 Å². The molecule has 0 unspecified atom stereocenters. The monoisotopic (exact) mass is 319 g/mol. The summed E-state index contributed by atoms with van der Waals surface area (Å²) in [5.41, 5.74) is 6.26. The Labute approximate surface area is 139 Å². The molecule has 5 heteroatoms. The van der Waals surface area contributed by atoms with Gasteiger partial charge in [-0.05, 0) is 54.2 Å². The van der Waals surface area contributed by atoms with Crippen LogP contribution in [0.1, 0.15) is 33.5 Å². The molecule has 1 aliphatic carbocycles. The van der Waals surface area contributed by atoms with Gasteiger partial charge in [-0.25, -0.2) is 9.48 Å². The number of hydrogen-bond acceptors (Lipinski definition) is 3. The van der Waals surface area contributed by atoms with Crippen molar-refractivity contribution < 1.29 is 9.90 Å². The third-order valence-corrected chi connectivity index (χ3v) is 4.55. The minimum atomic E-state index is -0.916. The van der Waals surface area contributed by atoms with Crippen LogP contribution < -0.4 is 0 Å². The lowest BCUT2D eigenvalue weighted by Gasteiger charge is -2.08. The zero-order valence-corrected chi connectivity index (χ0v) is 13.1. The Morgan fingerprint density at radius 1 is 1.08 bits per heavy atom. The molecule has 0 bridgehead atoms. The van der Waals surface area contributed by atoms with Gasteiger partial charge < -0.3 is 5.11 Å². The van der Waals surface area contributed by atoms with Crippen molar-refractivity contribution in [1.82, 2.24) is 15.0 Å². The van der Waals surface area contributed by atoms with Gasteiger partial charge in [-0.2, -0.15) is 0 Å². The fourth-order valence-electron chi connectivity index (χ4n) is 3.25. The quantitative estimate of drug-likeness (QED) is 0.802. The van der Waals surface area contributed by atoms with Crippen molar-refractivity contribution in [2.45, 2.75) is 25.8 Å². The summed E-state index contributed by atoms with van der Waals surface area (Å²) in [6.45, 7) is 0.562. The highest BCUT2D eigenvalue weighted by molar-refractivity contribution is 5.87. The van der Waals surface area contributed by atoms with Gasteiger partial charge in [0.15, 0.2) is 0 Å². The number of fused-ring (bicyclic) bond motifs is 1. The smallest absolute Gasteiger partial charge is 0.335 e. The van der Waals surface area contributed by atoms with Crippen LogP contribution in [0.2, 0.25) is 0 Å². The molecule has 0 fully saturated rings. The Bertz CT molecular complexity index is 897. The molecule has 0 spiro atoms. The van der Waals surface area contributed by atoms with E-state index in [9.17, 15) is 4.79 Å². The normalized spacial score (nSPS) is 13.0. The molecular weight excluding hydrogens is 302 g/mol. The maximum absolute atomic E-state index is 10.9. The minimum absolute atomic E-state index is 0.288. The van der Waals surface area contributed by atoms with Gasteiger partial charge in [0, 0.05) is 5.56 Å². The summed E-state index contributed by atoms with van der Waals surface area (Å²) in [7, 11) is 0. The fourth-order valence-corrected chi connectivity index (χ4v) is 3.25. The average molecular weight is 319 g/mol. The first-order chi connectivity index (χ1) is 11.7. The number of carbonyl (C=O) groups is 1. The van der Waals surface area contributed by atoms with Crippen molar-refractivity contribution in [3.05, 3.63) is 70.9 Å². The zero-order valence-electron chi connectivity index (χ0n) is 13.1. The van der Waals surface area contributed by atoms with Gasteiger partial charge >= 0.3 is 5.97 Å². The molecule has 1 aromatic heterocycles. The van der Waals surface area contributed by atoms with E-state index >= 15 is 0 Å². The second-order valence-corrected chi connectivity index (χ2v) is 6.12. The summed E-state index contributed by atoms with van der Waals surface area (Å²) in [6, 6.07) is 13.4. The summed E-state index contributed by atoms with van der Waals surface area (Å²) < 4.78 is 1.85. The maximum Gasteiger partial charge on any atom is 0.335 e. The van der Waals surface area contributed by atoms with E-state index in [1.807, 2.05) is 16.8 Å². The number of aryl methyl sites for hydroxylation is 2. The highest BCUT2D eigenvalue weighted by atomic mass is 16.4. The molecule has 2 aromatic carbocycles. The molecule has 0 saturated carbocycles. The lowest BCUT2D eigenvalue weighted by molar-refractivity contribution is 0.0697. The van der Waals surface area contributed by atoms with E-state index in [2.05, 4.69) is 28.5 Å². The number of carboxylic acid groups (broad SMARTS) is 1. The van der Waals surface area contributed by atoms with Gasteiger partial charge in [-0.3, -0.25) is 0 Å². The number of hydrogen-bond donors (Lipinski definition) is 1. The van der Waals surface area contributed by atoms with E-state index in [1.165, 1.54) is 24.0 Å². The Hall–Kier alpha value is -2.95. The van der Waals surface area contributed by atoms with Crippen molar-refractivity contribution in [3.8, 4) is 11.3 Å². The van der Waals surface area contributed by atoms with Gasteiger partial charge in [-0.15, -0.1) is 5.10 Å². The molecule has 0 amide bonds. The first-order valence-electron chi connectivity index (χ1n) is 8.03. The molecule has 0 saturated heterocycles. The van der Waals surface area contributed by atoms with E-state index in [0.717, 1.165) is 23.2 Å². The SMILES string of the molecule is O=C(O)c1ccc(Cn2nncc2-c2ccc3c(c2)CCC3)cc1. The summed E-state index contributed by atoms with van der Waals surface area (Å²) >= 11 is 0. The largest absolute Gasteiger partial charge is 0.478 e. The summed E-state index contributed by atoms with van der Waals surface area (Å²) in [5, 5.41) is 17.2. The Morgan fingerprint density at radius 3 is 2.67 bits per heavy atom. The molecule has 1 aliphatic rings. The van der Waals surface area contributed by atoms with E-state index < -0.39 is 5.97 Å². The molecule has 3 aromatic rings. The predicted octanol–water partition coefficient (Wildman–Crippen LogP) is 3.18. The number of carboxylic acids is 1. The average Bonchev–Trinajstić information content (AvgIpc) is 3.23. The van der Waals surface area contributed by atoms with Crippen LogP contribution in [0.3, 0.4) is 0 Å². The molecule has 0 atom stereocenters. The Morgan fingerprint density at radius 2 is 1.88 bits per heavy atom. The molecule has 0 radical (unpaired) electrons. The van der Waals surface area contributed by atoms with Crippen LogP contribution in [0.25, 0.3) is 11.3 Å². The van der Waals surface area contributed by atoms with Crippen molar-refractivity contribution >= 4 is 5.97 Å². The van der Waals surface area contributed by atoms with E-state index in [4.69, 9.17) is 5.11 Å². The summed E-state index contributed by atoms with van der Waals surface area (Å²) in [4.78, 5) is 10.9. The standard InChI is InChI=1S/C19H17N3O2/c23-19(24)15-6-4-13(5-7-15)12-22-18(11-20-21-22)17-9-8-14-2-1-3-16(14)10-17/h4-11H,1-3,12H2,(H,23,24). The first kappa shape index (κ1) is 14.6. The third-order valence-electron chi connectivity index (χ3n) is 4.55. The van der Waals surface area contributed by atoms with E-state index in [0.29, 0.717) is 6.54 Å². The maximum atomic E-state index is 10.9. The minimum Gasteiger partial charge on any atom is -0.478 e. The number of rotatable bonds is 4. The molecular formula is C19H17N3O2. The highest BCUT2D eigenvalue weighted by Crippen LogP contribution is 2.27. The number of aromatic carboxylic acids is 1. The molecule has 4 rings (SSSR count). The third kappa shape index (κ3) is 2.69. The second-order valence-electron chi connectivity index (χ2n) is 6.12. The topological polar surface area (TPSA) is 68.0 Å². The van der Waals surface area contributed by atoms with Crippen LogP contribution in [0.4, 0.5) is 0 Å². The number of nitrogens with zero attached hydrogens (tertiary/aromatic N) is 3. The molecule has 0 aliphatic heterocycles. The van der Waals surface area contributed by atoms with Crippen LogP contribution >= 0.6 is 0 Å². The first-order valence-corrected chi connectivity index (χ1v) is 8.03. The molecule has 5 nitrogen and oxygen atoms in total. The second kappa shape index (κ2) is 5.92. The van der Waals surface area contributed by atoms with Crippen LogP contribution in [-0.2, 0) is 19.4 Å². The number of aromatic nitrogens is 3. The fraction of sp³-hybridized carbons (Fsp3) is 0.211. The van der Waals surface area contributed by atoms with Crippen molar-refractivity contribution in [2.24, 2.45) is 0 Å². The highest BCUT2D eigenvalue weighted by Gasteiger charge is 2.14. The van der Waals surface area contributed by atoms with Crippen molar-refractivity contribution in [1.29, 1.82) is 0 Å². The Balaban J connectivity index is 1.62. The van der Waals surface area contributed by atoms with Gasteiger partial charge in [0.2, 0.25) is 0 Å². The lowest BCUT2D eigenvalue weighted by atomic mass is 10.0. The number of benzene rings is 2. The van der Waals surface area contributed by atoms with Gasteiger partial charge in [0.25, 0.3) is 0 Å². The Kier molecular flexibility index (Phi) is 3.61. The van der Waals surface area contributed by atoms with Crippen LogP contribution in [-0.4, -0.2) is 26.1 Å². The molecule has 24 heavy (non-hydrogen) atoms. The zero-order chi connectivity index (χ0) is 16.5. The van der Waals surface area contributed by atoms with Gasteiger partial charge in [0.1, 0.15) is 0 Å². The van der Waals surface area contributed by atoms with Crippen LogP contribution in [0.15, 0.2) is 48.7 Å². The van der Waals surface area contributed by atoms with E-state index in [-0.39, 0.29) is 5.56 Å². The van der Waals surface area contributed by atoms with Crippen LogP contribution in [0.5, 0.6) is 0 Å². The summed E-state index contributed by atoms with van der Waals surface area (Å²) in [6.07, 6.45) is 5.32. The van der Waals surface area contributed by atoms with Gasteiger partial charge in [0.05, 0.1) is 24.0 Å². The molecule has 120 valence electrons. The molecule has 1 N–H and O–H groups in total. The summed E-state index contributed by atoms with van der Waals surface area (Å²) in [5.74, 6) is -0.916. The van der Waals surface area contributed by atoms with Crippen molar-refractivity contribution in [3.63, 3.8) is 0 Å². The van der Waals surface area contributed by atoms with Crippen LogP contribution in [0, 0.1) is 0 Å².